The van der Waals surface area contributed by atoms with Gasteiger partial charge in [0.25, 0.3) is 0 Å². The lowest BCUT2D eigenvalue weighted by atomic mass is 9.48. The molecule has 0 aliphatic heterocycles. The van der Waals surface area contributed by atoms with Crippen molar-refractivity contribution in [3.8, 4) is 44.5 Å². The Balaban J connectivity index is 1.41. The van der Waals surface area contributed by atoms with E-state index in [1.165, 1.54) is 35.4 Å². The molecule has 0 amide bonds. The SMILES string of the molecule is CC(C)(C)c1cc(-c2ccc(-c3c(-c4ccccc4C(F)(F)F)cc(C45CC6CC(CC(C6)C4)C5)cc3-c3ccccc3C(F)(F)F)cc2)cc(C(C)(C)C)c1. The fraction of sp³-hybridized carbons (Fsp3) is 0.400. The second-order valence-corrected chi connectivity index (χ2v) is 19.1. The molecule has 4 bridgehead atoms. The monoisotopic (exact) mass is 764 g/mol. The fourth-order valence-electron chi connectivity index (χ4n) is 10.6. The summed E-state index contributed by atoms with van der Waals surface area (Å²) < 4.78 is 89.7. The second kappa shape index (κ2) is 13.4. The van der Waals surface area contributed by atoms with E-state index in [1.807, 2.05) is 36.4 Å². The third-order valence-electron chi connectivity index (χ3n) is 13.0. The highest BCUT2D eigenvalue weighted by molar-refractivity contribution is 5.97. The summed E-state index contributed by atoms with van der Waals surface area (Å²) in [5.41, 5.74) is 4.56. The maximum absolute atomic E-state index is 15.0. The highest BCUT2D eigenvalue weighted by Gasteiger charge is 2.52. The summed E-state index contributed by atoms with van der Waals surface area (Å²) in [6.07, 6.45) is -3.14. The number of halogens is 6. The minimum Gasteiger partial charge on any atom is -0.166 e. The molecular weight excluding hydrogens is 715 g/mol. The van der Waals surface area contributed by atoms with Gasteiger partial charge in [-0.05, 0) is 158 Å². The first-order valence-corrected chi connectivity index (χ1v) is 20.0. The molecule has 0 atom stereocenters. The van der Waals surface area contributed by atoms with E-state index in [-0.39, 0.29) is 27.4 Å². The lowest BCUT2D eigenvalue weighted by Crippen LogP contribution is -2.48. The van der Waals surface area contributed by atoms with Crippen LogP contribution in [0, 0.1) is 17.8 Å². The Labute approximate surface area is 327 Å². The zero-order valence-corrected chi connectivity index (χ0v) is 33.1. The second-order valence-electron chi connectivity index (χ2n) is 19.1. The summed E-state index contributed by atoms with van der Waals surface area (Å²) in [7, 11) is 0. The van der Waals surface area contributed by atoms with Crippen LogP contribution in [0.4, 0.5) is 26.3 Å². The van der Waals surface area contributed by atoms with Crippen molar-refractivity contribution in [3.05, 3.63) is 131 Å². The lowest BCUT2D eigenvalue weighted by Gasteiger charge is -2.57. The first kappa shape index (κ1) is 38.5. The van der Waals surface area contributed by atoms with Gasteiger partial charge < -0.3 is 0 Å². The van der Waals surface area contributed by atoms with E-state index < -0.39 is 23.5 Å². The van der Waals surface area contributed by atoms with Crippen LogP contribution in [0.2, 0.25) is 0 Å². The molecule has 0 nitrogen and oxygen atoms in total. The summed E-state index contributed by atoms with van der Waals surface area (Å²) in [6, 6.07) is 29.1. The van der Waals surface area contributed by atoms with Crippen molar-refractivity contribution in [2.45, 2.75) is 109 Å². The fourth-order valence-corrected chi connectivity index (χ4v) is 10.6. The van der Waals surface area contributed by atoms with Crippen molar-refractivity contribution < 1.29 is 26.3 Å². The van der Waals surface area contributed by atoms with Gasteiger partial charge in [0.05, 0.1) is 11.1 Å². The van der Waals surface area contributed by atoms with Gasteiger partial charge in [-0.1, -0.05) is 120 Å². The average molecular weight is 765 g/mol. The van der Waals surface area contributed by atoms with E-state index in [9.17, 15) is 26.3 Å². The molecule has 0 heterocycles. The van der Waals surface area contributed by atoms with Crippen LogP contribution in [0.15, 0.2) is 103 Å². The molecule has 56 heavy (non-hydrogen) atoms. The number of hydrogen-bond donors (Lipinski definition) is 0. The van der Waals surface area contributed by atoms with Crippen LogP contribution in [0.3, 0.4) is 0 Å². The Kier molecular flexibility index (Phi) is 9.21. The molecule has 5 aromatic rings. The van der Waals surface area contributed by atoms with Crippen LogP contribution in [0.1, 0.15) is 108 Å². The Hall–Kier alpha value is -4.32. The van der Waals surface area contributed by atoms with Gasteiger partial charge in [-0.3, -0.25) is 0 Å². The summed E-state index contributed by atoms with van der Waals surface area (Å²) in [4.78, 5) is 0. The van der Waals surface area contributed by atoms with Crippen LogP contribution in [-0.2, 0) is 28.6 Å². The van der Waals surface area contributed by atoms with E-state index in [0.29, 0.717) is 40.0 Å². The molecule has 4 aliphatic carbocycles. The minimum atomic E-state index is -4.68. The number of alkyl halides is 6. The van der Waals surface area contributed by atoms with Crippen LogP contribution >= 0.6 is 0 Å². The topological polar surface area (TPSA) is 0 Å². The molecule has 0 radical (unpaired) electrons. The van der Waals surface area contributed by atoms with E-state index in [4.69, 9.17) is 0 Å². The first-order valence-electron chi connectivity index (χ1n) is 20.0. The van der Waals surface area contributed by atoms with Gasteiger partial charge >= 0.3 is 12.4 Å². The molecule has 4 fully saturated rings. The van der Waals surface area contributed by atoms with Gasteiger partial charge in [0.2, 0.25) is 0 Å². The average Bonchev–Trinajstić information content (AvgIpc) is 3.12. The summed E-state index contributed by atoms with van der Waals surface area (Å²) in [5, 5.41) is 0. The molecule has 0 N–H and O–H groups in total. The van der Waals surface area contributed by atoms with Crippen molar-refractivity contribution in [1.82, 2.24) is 0 Å². The largest absolute Gasteiger partial charge is 0.417 e. The maximum Gasteiger partial charge on any atom is 0.417 e. The molecule has 4 aliphatic rings. The quantitative estimate of drug-likeness (QED) is 0.156. The van der Waals surface area contributed by atoms with Crippen molar-refractivity contribution in [2.75, 3.05) is 0 Å². The Bertz CT molecular complexity index is 2130. The Morgan fingerprint density at radius 1 is 0.446 bits per heavy atom. The molecule has 6 heteroatoms. The Morgan fingerprint density at radius 2 is 0.839 bits per heavy atom. The molecule has 5 aromatic carbocycles. The zero-order chi connectivity index (χ0) is 40.0. The number of rotatable bonds is 5. The third-order valence-corrected chi connectivity index (χ3v) is 13.0. The van der Waals surface area contributed by atoms with Crippen molar-refractivity contribution >= 4 is 0 Å². The smallest absolute Gasteiger partial charge is 0.166 e. The molecule has 0 spiro atoms. The molecule has 0 unspecified atom stereocenters. The zero-order valence-electron chi connectivity index (χ0n) is 33.1. The molecule has 4 saturated carbocycles. The highest BCUT2D eigenvalue weighted by atomic mass is 19.4. The normalized spacial score (nSPS) is 22.5. The van der Waals surface area contributed by atoms with E-state index in [0.717, 1.165) is 67.3 Å². The van der Waals surface area contributed by atoms with Crippen LogP contribution in [-0.4, -0.2) is 0 Å². The van der Waals surface area contributed by atoms with Gasteiger partial charge in [0.15, 0.2) is 0 Å². The number of hydrogen-bond acceptors (Lipinski definition) is 0. The first-order chi connectivity index (χ1) is 26.2. The maximum atomic E-state index is 15.0. The minimum absolute atomic E-state index is 0.0240. The van der Waals surface area contributed by atoms with Gasteiger partial charge in [-0.25, -0.2) is 0 Å². The molecular formula is C50H50F6. The van der Waals surface area contributed by atoms with Gasteiger partial charge in [0.1, 0.15) is 0 Å². The molecule has 0 saturated heterocycles. The standard InChI is InChI=1S/C50H50F6/c1-46(2,3)36-22-35(23-37(24-36)47(4,5)6)33-15-17-34(18-16-33)45-41(39-11-7-9-13-43(39)49(51,52)53)25-38(48-27-30-19-31(28-48)21-32(20-30)29-48)26-42(45)40-12-8-10-14-44(40)50(54,55)56/h7-18,22-26,30-32H,19-21,27-29H2,1-6H3. The third kappa shape index (κ3) is 7.11. The van der Waals surface area contributed by atoms with Crippen molar-refractivity contribution in [3.63, 3.8) is 0 Å². The lowest BCUT2D eigenvalue weighted by molar-refractivity contribution is -0.137. The summed E-state index contributed by atoms with van der Waals surface area (Å²) in [6.45, 7) is 13.1. The van der Waals surface area contributed by atoms with Crippen LogP contribution in [0.5, 0.6) is 0 Å². The van der Waals surface area contributed by atoms with Crippen molar-refractivity contribution in [1.29, 1.82) is 0 Å². The molecule has 292 valence electrons. The van der Waals surface area contributed by atoms with Crippen LogP contribution < -0.4 is 0 Å². The Morgan fingerprint density at radius 3 is 1.23 bits per heavy atom. The predicted molar refractivity (Wildman–Crippen MR) is 215 cm³/mol. The summed E-state index contributed by atoms with van der Waals surface area (Å²) >= 11 is 0. The molecule has 9 rings (SSSR count). The summed E-state index contributed by atoms with van der Waals surface area (Å²) in [5.74, 6) is 1.59. The van der Waals surface area contributed by atoms with Gasteiger partial charge in [-0.2, -0.15) is 26.3 Å². The molecule has 0 aromatic heterocycles. The predicted octanol–water partition coefficient (Wildman–Crippen LogP) is 15.5. The highest BCUT2D eigenvalue weighted by Crippen LogP contribution is 2.62. The van der Waals surface area contributed by atoms with E-state index in [2.05, 4.69) is 59.7 Å². The van der Waals surface area contributed by atoms with Gasteiger partial charge in [-0.15, -0.1) is 0 Å². The van der Waals surface area contributed by atoms with E-state index in [1.54, 1.807) is 12.1 Å². The number of benzene rings is 5. The van der Waals surface area contributed by atoms with Crippen molar-refractivity contribution in [2.24, 2.45) is 17.8 Å². The van der Waals surface area contributed by atoms with E-state index >= 15 is 0 Å². The van der Waals surface area contributed by atoms with Gasteiger partial charge in [0, 0.05) is 0 Å². The van der Waals surface area contributed by atoms with Crippen LogP contribution in [0.25, 0.3) is 44.5 Å².